The molecule has 1 aromatic carbocycles. The fraction of sp³-hybridized carbons (Fsp3) is 0.562. The zero-order valence-electron chi connectivity index (χ0n) is 11.9. The number of hydrogen-bond acceptors (Lipinski definition) is 4. The van der Waals surface area contributed by atoms with Crippen molar-refractivity contribution in [2.45, 2.75) is 36.9 Å². The van der Waals surface area contributed by atoms with E-state index in [2.05, 4.69) is 17.4 Å². The highest BCUT2D eigenvalue weighted by atomic mass is 16.5. The van der Waals surface area contributed by atoms with Crippen LogP contribution in [0, 0.1) is 5.92 Å². The molecule has 0 amide bonds. The van der Waals surface area contributed by atoms with Crippen LogP contribution in [-0.2, 0) is 14.3 Å². The normalized spacial score (nSPS) is 35.8. The largest absolute Gasteiger partial charge is 0.469 e. The van der Waals surface area contributed by atoms with Gasteiger partial charge in [0, 0.05) is 25.1 Å². The summed E-state index contributed by atoms with van der Waals surface area (Å²) in [5, 5.41) is 3.53. The van der Waals surface area contributed by atoms with Crippen LogP contribution in [0.25, 0.3) is 0 Å². The van der Waals surface area contributed by atoms with E-state index in [9.17, 15) is 4.79 Å². The van der Waals surface area contributed by atoms with E-state index in [-0.39, 0.29) is 30.0 Å². The molecule has 4 nitrogen and oxygen atoms in total. The van der Waals surface area contributed by atoms with Gasteiger partial charge >= 0.3 is 5.97 Å². The number of benzene rings is 1. The molecular weight excluding hydrogens is 254 g/mol. The second-order valence-electron chi connectivity index (χ2n) is 5.70. The SMILES string of the molecule is COC(=O)C1C(c2ccccc2)CC2CC(OC)C1N2. The van der Waals surface area contributed by atoms with Gasteiger partial charge in [0.15, 0.2) is 0 Å². The highest BCUT2D eigenvalue weighted by molar-refractivity contribution is 5.75. The summed E-state index contributed by atoms with van der Waals surface area (Å²) in [4.78, 5) is 12.3. The van der Waals surface area contributed by atoms with Crippen molar-refractivity contribution in [1.82, 2.24) is 5.32 Å². The molecule has 2 aliphatic rings. The summed E-state index contributed by atoms with van der Waals surface area (Å²) in [6.45, 7) is 0. The molecule has 3 rings (SSSR count). The molecule has 4 heteroatoms. The van der Waals surface area contributed by atoms with Gasteiger partial charge in [-0.05, 0) is 18.4 Å². The molecule has 2 bridgehead atoms. The lowest BCUT2D eigenvalue weighted by Crippen LogP contribution is -2.51. The molecule has 0 aliphatic carbocycles. The van der Waals surface area contributed by atoms with Gasteiger partial charge in [0.1, 0.15) is 0 Å². The van der Waals surface area contributed by atoms with Crippen LogP contribution in [0.2, 0.25) is 0 Å². The maximum absolute atomic E-state index is 12.3. The lowest BCUT2D eigenvalue weighted by molar-refractivity contribution is -0.149. The number of esters is 1. The van der Waals surface area contributed by atoms with Crippen LogP contribution in [0.1, 0.15) is 24.3 Å². The van der Waals surface area contributed by atoms with Gasteiger partial charge in [-0.2, -0.15) is 0 Å². The van der Waals surface area contributed by atoms with Gasteiger partial charge in [-0.25, -0.2) is 0 Å². The summed E-state index contributed by atoms with van der Waals surface area (Å²) < 4.78 is 10.6. The summed E-state index contributed by atoms with van der Waals surface area (Å²) in [5.41, 5.74) is 1.22. The maximum atomic E-state index is 12.3. The van der Waals surface area contributed by atoms with Crippen LogP contribution in [0.15, 0.2) is 30.3 Å². The number of carbonyl (C=O) groups excluding carboxylic acids is 1. The van der Waals surface area contributed by atoms with Crippen LogP contribution in [0.4, 0.5) is 0 Å². The Morgan fingerprint density at radius 2 is 1.95 bits per heavy atom. The number of methoxy groups -OCH3 is 2. The van der Waals surface area contributed by atoms with E-state index in [4.69, 9.17) is 9.47 Å². The predicted octanol–water partition coefficient (Wildman–Crippen LogP) is 1.71. The van der Waals surface area contributed by atoms with Crippen molar-refractivity contribution in [3.63, 3.8) is 0 Å². The van der Waals surface area contributed by atoms with Crippen molar-refractivity contribution in [2.75, 3.05) is 14.2 Å². The van der Waals surface area contributed by atoms with Crippen LogP contribution in [0.5, 0.6) is 0 Å². The summed E-state index contributed by atoms with van der Waals surface area (Å²) in [6, 6.07) is 10.8. The van der Waals surface area contributed by atoms with Gasteiger partial charge < -0.3 is 14.8 Å². The van der Waals surface area contributed by atoms with Gasteiger partial charge in [-0.15, -0.1) is 0 Å². The molecule has 1 aromatic rings. The number of carbonyl (C=O) groups is 1. The van der Waals surface area contributed by atoms with E-state index in [1.807, 2.05) is 18.2 Å². The predicted molar refractivity (Wildman–Crippen MR) is 75.4 cm³/mol. The Morgan fingerprint density at radius 1 is 1.20 bits per heavy atom. The van der Waals surface area contributed by atoms with E-state index in [1.54, 1.807) is 7.11 Å². The average Bonchev–Trinajstić information content (AvgIpc) is 2.83. The zero-order chi connectivity index (χ0) is 14.1. The number of nitrogens with one attached hydrogen (secondary N) is 1. The van der Waals surface area contributed by atoms with Crippen LogP contribution in [-0.4, -0.2) is 38.4 Å². The minimum atomic E-state index is -0.175. The third-order valence-electron chi connectivity index (χ3n) is 4.71. The van der Waals surface area contributed by atoms with Crippen LogP contribution >= 0.6 is 0 Å². The Hall–Kier alpha value is -1.39. The standard InChI is InChI=1S/C16H21NO3/c1-19-13-9-11-8-12(10-6-4-3-5-7-10)14(15(13)17-11)16(18)20-2/h3-7,11-15,17H,8-9H2,1-2H3. The van der Waals surface area contributed by atoms with Crippen molar-refractivity contribution in [3.05, 3.63) is 35.9 Å². The minimum Gasteiger partial charge on any atom is -0.469 e. The van der Waals surface area contributed by atoms with Crippen LogP contribution < -0.4 is 5.32 Å². The number of piperidine rings is 1. The lowest BCUT2D eigenvalue weighted by Gasteiger charge is -2.37. The van der Waals surface area contributed by atoms with Crippen molar-refractivity contribution in [1.29, 1.82) is 0 Å². The number of ether oxygens (including phenoxy) is 2. The third-order valence-corrected chi connectivity index (χ3v) is 4.71. The van der Waals surface area contributed by atoms with Gasteiger partial charge in [0.25, 0.3) is 0 Å². The van der Waals surface area contributed by atoms with Crippen LogP contribution in [0.3, 0.4) is 0 Å². The van der Waals surface area contributed by atoms with Crippen molar-refractivity contribution < 1.29 is 14.3 Å². The van der Waals surface area contributed by atoms with E-state index in [1.165, 1.54) is 12.7 Å². The van der Waals surface area contributed by atoms with Gasteiger partial charge in [0.05, 0.1) is 19.1 Å². The lowest BCUT2D eigenvalue weighted by atomic mass is 9.77. The quantitative estimate of drug-likeness (QED) is 0.853. The molecule has 5 unspecified atom stereocenters. The van der Waals surface area contributed by atoms with E-state index >= 15 is 0 Å². The highest BCUT2D eigenvalue weighted by Gasteiger charge is 2.51. The first-order valence-electron chi connectivity index (χ1n) is 7.16. The number of hydrogen-bond donors (Lipinski definition) is 1. The molecule has 0 spiro atoms. The van der Waals surface area contributed by atoms with Gasteiger partial charge in [0.2, 0.25) is 0 Å². The Kier molecular flexibility index (Phi) is 3.76. The summed E-state index contributed by atoms with van der Waals surface area (Å²) in [7, 11) is 3.19. The molecule has 2 aliphatic heterocycles. The monoisotopic (exact) mass is 275 g/mol. The van der Waals surface area contributed by atoms with Gasteiger partial charge in [-0.1, -0.05) is 30.3 Å². The molecule has 0 saturated carbocycles. The third kappa shape index (κ3) is 2.23. The van der Waals surface area contributed by atoms with E-state index in [0.29, 0.717) is 6.04 Å². The Balaban J connectivity index is 1.94. The molecular formula is C16H21NO3. The molecule has 2 heterocycles. The Labute approximate surface area is 119 Å². The topological polar surface area (TPSA) is 47.6 Å². The first kappa shape index (κ1) is 13.6. The van der Waals surface area contributed by atoms with Crippen molar-refractivity contribution >= 4 is 5.97 Å². The molecule has 1 N–H and O–H groups in total. The molecule has 2 fully saturated rings. The molecule has 2 saturated heterocycles. The molecule has 108 valence electrons. The molecule has 0 aromatic heterocycles. The molecule has 0 radical (unpaired) electrons. The van der Waals surface area contributed by atoms with Crippen molar-refractivity contribution in [3.8, 4) is 0 Å². The minimum absolute atomic E-state index is 0.0522. The van der Waals surface area contributed by atoms with E-state index in [0.717, 1.165) is 12.8 Å². The van der Waals surface area contributed by atoms with E-state index < -0.39 is 0 Å². The summed E-state index contributed by atoms with van der Waals surface area (Å²) in [5.74, 6) is -0.107. The zero-order valence-corrected chi connectivity index (χ0v) is 11.9. The first-order valence-corrected chi connectivity index (χ1v) is 7.16. The van der Waals surface area contributed by atoms with Gasteiger partial charge in [-0.3, -0.25) is 4.79 Å². The number of rotatable bonds is 3. The average molecular weight is 275 g/mol. The highest BCUT2D eigenvalue weighted by Crippen LogP contribution is 2.43. The fourth-order valence-corrected chi connectivity index (χ4v) is 3.81. The second-order valence-corrected chi connectivity index (χ2v) is 5.70. The summed E-state index contributed by atoms with van der Waals surface area (Å²) >= 11 is 0. The van der Waals surface area contributed by atoms with Crippen molar-refractivity contribution in [2.24, 2.45) is 5.92 Å². The molecule has 20 heavy (non-hydrogen) atoms. The second kappa shape index (κ2) is 5.54. The smallest absolute Gasteiger partial charge is 0.310 e. The first-order chi connectivity index (χ1) is 9.74. The Bertz CT molecular complexity index is 476. The summed E-state index contributed by atoms with van der Waals surface area (Å²) in [6.07, 6.45) is 2.02. The Morgan fingerprint density at radius 3 is 2.60 bits per heavy atom. The number of fused-ring (bicyclic) bond motifs is 2. The molecule has 5 atom stereocenters. The maximum Gasteiger partial charge on any atom is 0.310 e. The fourth-order valence-electron chi connectivity index (χ4n) is 3.81.